The normalized spacial score (nSPS) is 13.1. The number of nitrogens with two attached hydrogens (primary N) is 1. The zero-order valence-corrected chi connectivity index (χ0v) is 11.4. The molecule has 0 saturated carbocycles. The fourth-order valence-corrected chi connectivity index (χ4v) is 2.61. The van der Waals surface area contributed by atoms with Gasteiger partial charge in [-0.3, -0.25) is 0 Å². The van der Waals surface area contributed by atoms with Crippen LogP contribution in [0, 0.1) is 5.92 Å². The Bertz CT molecular complexity index is 501. The summed E-state index contributed by atoms with van der Waals surface area (Å²) < 4.78 is 2.29. The lowest BCUT2D eigenvalue weighted by molar-refractivity contribution is 0.451. The number of pyridine rings is 1. The first-order chi connectivity index (χ1) is 8.76. The molecule has 3 nitrogen and oxygen atoms in total. The van der Waals surface area contributed by atoms with Crippen LogP contribution >= 0.6 is 0 Å². The van der Waals surface area contributed by atoms with Crippen LogP contribution in [-0.2, 0) is 13.0 Å². The monoisotopic (exact) mass is 245 g/mol. The summed E-state index contributed by atoms with van der Waals surface area (Å²) in [6.45, 7) is 6.29. The van der Waals surface area contributed by atoms with Gasteiger partial charge >= 0.3 is 0 Å². The highest BCUT2D eigenvalue weighted by molar-refractivity contribution is 5.80. The Hall–Kier alpha value is -1.35. The lowest BCUT2D eigenvalue weighted by atomic mass is 10.1. The second-order valence-electron chi connectivity index (χ2n) is 5.11. The van der Waals surface area contributed by atoms with Crippen LogP contribution in [0.15, 0.2) is 24.5 Å². The maximum Gasteiger partial charge on any atom is 0.140 e. The first kappa shape index (κ1) is 13.1. The molecule has 3 heteroatoms. The summed E-state index contributed by atoms with van der Waals surface area (Å²) in [6, 6.07) is 4.15. The number of nitrogens with zero attached hydrogens (tertiary/aromatic N) is 2. The van der Waals surface area contributed by atoms with E-state index in [-0.39, 0.29) is 0 Å². The molecule has 0 aliphatic carbocycles. The number of rotatable bonds is 6. The van der Waals surface area contributed by atoms with Crippen molar-refractivity contribution < 1.29 is 0 Å². The van der Waals surface area contributed by atoms with Crippen molar-refractivity contribution in [2.75, 3.05) is 6.54 Å². The topological polar surface area (TPSA) is 43.8 Å². The van der Waals surface area contributed by atoms with E-state index >= 15 is 0 Å². The Morgan fingerprint density at radius 2 is 2.28 bits per heavy atom. The summed E-state index contributed by atoms with van der Waals surface area (Å²) in [7, 11) is 0. The van der Waals surface area contributed by atoms with E-state index in [0.29, 0.717) is 12.5 Å². The lowest BCUT2D eigenvalue weighted by Gasteiger charge is -2.11. The van der Waals surface area contributed by atoms with Crippen molar-refractivity contribution in [2.45, 2.75) is 39.7 Å². The van der Waals surface area contributed by atoms with Gasteiger partial charge in [-0.1, -0.05) is 20.3 Å². The van der Waals surface area contributed by atoms with Crippen molar-refractivity contribution in [1.29, 1.82) is 0 Å². The Balaban J connectivity index is 2.32. The molecule has 0 fully saturated rings. The molecule has 1 unspecified atom stereocenters. The number of aromatic nitrogens is 2. The van der Waals surface area contributed by atoms with Crippen molar-refractivity contribution in [3.05, 3.63) is 30.1 Å². The lowest BCUT2D eigenvalue weighted by Crippen LogP contribution is -2.07. The van der Waals surface area contributed by atoms with Gasteiger partial charge in [-0.15, -0.1) is 0 Å². The van der Waals surface area contributed by atoms with Crippen LogP contribution in [0.3, 0.4) is 0 Å². The van der Waals surface area contributed by atoms with Gasteiger partial charge in [-0.05, 0) is 43.0 Å². The van der Waals surface area contributed by atoms with Crippen LogP contribution in [0.2, 0.25) is 0 Å². The van der Waals surface area contributed by atoms with Crippen molar-refractivity contribution >= 4 is 11.0 Å². The van der Waals surface area contributed by atoms with Gasteiger partial charge in [0.25, 0.3) is 0 Å². The Kier molecular flexibility index (Phi) is 4.37. The Morgan fingerprint density at radius 1 is 1.44 bits per heavy atom. The van der Waals surface area contributed by atoms with Gasteiger partial charge in [-0.2, -0.15) is 0 Å². The third-order valence-corrected chi connectivity index (χ3v) is 3.42. The van der Waals surface area contributed by atoms with E-state index in [4.69, 9.17) is 5.73 Å². The summed E-state index contributed by atoms with van der Waals surface area (Å²) in [5.41, 5.74) is 8.10. The van der Waals surface area contributed by atoms with E-state index in [0.717, 1.165) is 18.6 Å². The standard InChI is InChI=1S/C15H23N3/c1-3-5-12(2)10-18-11-13(7-8-16)14-6-4-9-17-15(14)18/h4,6,9,11-12H,3,5,7-8,10,16H2,1-2H3. The highest BCUT2D eigenvalue weighted by atomic mass is 15.0. The molecule has 0 spiro atoms. The maximum absolute atomic E-state index is 5.68. The van der Waals surface area contributed by atoms with Crippen LogP contribution in [0.5, 0.6) is 0 Å². The predicted molar refractivity (Wildman–Crippen MR) is 76.6 cm³/mol. The fraction of sp³-hybridized carbons (Fsp3) is 0.533. The van der Waals surface area contributed by atoms with E-state index in [1.807, 2.05) is 12.3 Å². The van der Waals surface area contributed by atoms with Crippen molar-refractivity contribution in [2.24, 2.45) is 11.7 Å². The molecule has 0 amide bonds. The summed E-state index contributed by atoms with van der Waals surface area (Å²) in [5.74, 6) is 0.693. The SMILES string of the molecule is CCCC(C)Cn1cc(CCN)c2cccnc21. The van der Waals surface area contributed by atoms with E-state index in [1.165, 1.54) is 23.8 Å². The van der Waals surface area contributed by atoms with Crippen LogP contribution in [0.25, 0.3) is 11.0 Å². The summed E-state index contributed by atoms with van der Waals surface area (Å²) in [5, 5.41) is 1.26. The molecule has 0 bridgehead atoms. The second-order valence-corrected chi connectivity index (χ2v) is 5.11. The summed E-state index contributed by atoms with van der Waals surface area (Å²) in [6.07, 6.45) is 7.53. The molecule has 0 aromatic carbocycles. The Labute approximate surface area is 109 Å². The second kappa shape index (κ2) is 6.01. The maximum atomic E-state index is 5.68. The van der Waals surface area contributed by atoms with E-state index in [9.17, 15) is 0 Å². The molecular formula is C15H23N3. The van der Waals surface area contributed by atoms with E-state index < -0.39 is 0 Å². The van der Waals surface area contributed by atoms with Gasteiger partial charge in [0.2, 0.25) is 0 Å². The minimum Gasteiger partial charge on any atom is -0.332 e. The van der Waals surface area contributed by atoms with Gasteiger partial charge in [0, 0.05) is 24.3 Å². The number of hydrogen-bond donors (Lipinski definition) is 1. The highest BCUT2D eigenvalue weighted by Gasteiger charge is 2.10. The van der Waals surface area contributed by atoms with E-state index in [1.54, 1.807) is 0 Å². The average molecular weight is 245 g/mol. The van der Waals surface area contributed by atoms with Gasteiger partial charge in [0.15, 0.2) is 0 Å². The molecule has 0 aliphatic rings. The summed E-state index contributed by atoms with van der Waals surface area (Å²) >= 11 is 0. The molecule has 2 N–H and O–H groups in total. The smallest absolute Gasteiger partial charge is 0.140 e. The van der Waals surface area contributed by atoms with Crippen LogP contribution < -0.4 is 5.73 Å². The molecule has 0 radical (unpaired) electrons. The van der Waals surface area contributed by atoms with Gasteiger partial charge in [-0.25, -0.2) is 4.98 Å². The largest absolute Gasteiger partial charge is 0.332 e. The first-order valence-electron chi connectivity index (χ1n) is 6.89. The molecule has 2 aromatic rings. The quantitative estimate of drug-likeness (QED) is 0.850. The minimum absolute atomic E-state index is 0.693. The molecule has 2 heterocycles. The molecule has 0 saturated heterocycles. The van der Waals surface area contributed by atoms with Crippen LogP contribution in [-0.4, -0.2) is 16.1 Å². The molecule has 2 rings (SSSR count). The molecular weight excluding hydrogens is 222 g/mol. The zero-order valence-electron chi connectivity index (χ0n) is 11.4. The molecule has 18 heavy (non-hydrogen) atoms. The van der Waals surface area contributed by atoms with Crippen molar-refractivity contribution in [3.63, 3.8) is 0 Å². The molecule has 1 atom stereocenters. The third-order valence-electron chi connectivity index (χ3n) is 3.42. The van der Waals surface area contributed by atoms with Crippen LogP contribution in [0.1, 0.15) is 32.3 Å². The van der Waals surface area contributed by atoms with E-state index in [2.05, 4.69) is 35.7 Å². The number of hydrogen-bond acceptors (Lipinski definition) is 2. The van der Waals surface area contributed by atoms with Crippen molar-refractivity contribution in [3.8, 4) is 0 Å². The van der Waals surface area contributed by atoms with Crippen LogP contribution in [0.4, 0.5) is 0 Å². The van der Waals surface area contributed by atoms with Gasteiger partial charge in [0.1, 0.15) is 5.65 Å². The summed E-state index contributed by atoms with van der Waals surface area (Å²) in [4.78, 5) is 4.52. The van der Waals surface area contributed by atoms with Gasteiger partial charge in [0.05, 0.1) is 0 Å². The molecule has 98 valence electrons. The predicted octanol–water partition coefficient (Wildman–Crippen LogP) is 2.97. The highest BCUT2D eigenvalue weighted by Crippen LogP contribution is 2.21. The third kappa shape index (κ3) is 2.72. The zero-order chi connectivity index (χ0) is 13.0. The molecule has 0 aliphatic heterocycles. The molecule has 2 aromatic heterocycles. The minimum atomic E-state index is 0.693. The fourth-order valence-electron chi connectivity index (χ4n) is 2.61. The average Bonchev–Trinajstić information content (AvgIpc) is 2.69. The first-order valence-corrected chi connectivity index (χ1v) is 6.89. The van der Waals surface area contributed by atoms with Gasteiger partial charge < -0.3 is 10.3 Å². The number of fused-ring (bicyclic) bond motifs is 1. The Morgan fingerprint density at radius 3 is 3.00 bits per heavy atom. The van der Waals surface area contributed by atoms with Crippen molar-refractivity contribution in [1.82, 2.24) is 9.55 Å².